The minimum absolute atomic E-state index is 0.235. The van der Waals surface area contributed by atoms with E-state index in [1.165, 1.54) is 44.1 Å². The zero-order valence-electron chi connectivity index (χ0n) is 19.3. The summed E-state index contributed by atoms with van der Waals surface area (Å²) < 4.78 is 0. The van der Waals surface area contributed by atoms with Gasteiger partial charge in [0.1, 0.15) is 0 Å². The summed E-state index contributed by atoms with van der Waals surface area (Å²) in [6, 6.07) is 0.467. The Balaban J connectivity index is 0.000000687. The molecule has 0 radical (unpaired) electrons. The van der Waals surface area contributed by atoms with Gasteiger partial charge in [0, 0.05) is 31.9 Å². The summed E-state index contributed by atoms with van der Waals surface area (Å²) in [5.74, 6) is 2.53. The summed E-state index contributed by atoms with van der Waals surface area (Å²) in [4.78, 5) is 23.3. The van der Waals surface area contributed by atoms with E-state index in [0.717, 1.165) is 30.0 Å². The first-order valence-corrected chi connectivity index (χ1v) is 11.7. The molecule has 4 aliphatic rings. The van der Waals surface area contributed by atoms with Gasteiger partial charge in [0.2, 0.25) is 5.91 Å². The highest BCUT2D eigenvalue weighted by Crippen LogP contribution is 2.66. The van der Waals surface area contributed by atoms with E-state index in [1.54, 1.807) is 13.1 Å². The SMILES string of the molecule is CC(=O)N1CCC2(C)C3CCC4(C)C(c5cnccn5)=CC[C@H]4C3CCC12.CNC. The first-order valence-electron chi connectivity index (χ1n) is 11.7. The minimum atomic E-state index is 0.235. The second-order valence-corrected chi connectivity index (χ2v) is 10.3. The second-order valence-electron chi connectivity index (χ2n) is 10.3. The predicted octanol–water partition coefficient (Wildman–Crippen LogP) is 4.17. The Morgan fingerprint density at radius 1 is 1.13 bits per heavy atom. The van der Waals surface area contributed by atoms with Gasteiger partial charge in [0.25, 0.3) is 0 Å². The third-order valence-electron chi connectivity index (χ3n) is 8.91. The Kier molecular flexibility index (Phi) is 5.78. The third-order valence-corrected chi connectivity index (χ3v) is 8.91. The highest BCUT2D eigenvalue weighted by molar-refractivity contribution is 5.74. The molecule has 3 fully saturated rings. The van der Waals surface area contributed by atoms with E-state index in [2.05, 4.69) is 40.1 Å². The summed E-state index contributed by atoms with van der Waals surface area (Å²) in [6.07, 6.45) is 15.3. The number of carbonyl (C=O) groups excluding carboxylic acids is 1. The summed E-state index contributed by atoms with van der Waals surface area (Å²) in [6.45, 7) is 7.69. The molecular weight excluding hydrogens is 372 g/mol. The molecule has 1 aromatic rings. The molecule has 1 saturated heterocycles. The van der Waals surface area contributed by atoms with Crippen molar-refractivity contribution < 1.29 is 4.79 Å². The summed E-state index contributed by atoms with van der Waals surface area (Å²) in [7, 11) is 3.75. The van der Waals surface area contributed by atoms with Crippen molar-refractivity contribution in [3.05, 3.63) is 30.4 Å². The number of nitrogens with zero attached hydrogens (tertiary/aromatic N) is 3. The fourth-order valence-electron chi connectivity index (χ4n) is 7.60. The Hall–Kier alpha value is -1.75. The van der Waals surface area contributed by atoms with Crippen LogP contribution in [0.5, 0.6) is 0 Å². The number of allylic oxidation sites excluding steroid dienone is 2. The van der Waals surface area contributed by atoms with Crippen molar-refractivity contribution in [2.45, 2.75) is 65.3 Å². The lowest BCUT2D eigenvalue weighted by Gasteiger charge is -2.57. The van der Waals surface area contributed by atoms with Crippen LogP contribution in [-0.4, -0.2) is 47.5 Å². The predicted molar refractivity (Wildman–Crippen MR) is 121 cm³/mol. The van der Waals surface area contributed by atoms with E-state index in [9.17, 15) is 4.79 Å². The van der Waals surface area contributed by atoms with Gasteiger partial charge in [-0.2, -0.15) is 0 Å². The lowest BCUT2D eigenvalue weighted by atomic mass is 9.48. The van der Waals surface area contributed by atoms with Crippen LogP contribution in [0.3, 0.4) is 0 Å². The van der Waals surface area contributed by atoms with Gasteiger partial charge in [0.05, 0.1) is 11.9 Å². The Morgan fingerprint density at radius 3 is 2.57 bits per heavy atom. The molecule has 6 atom stereocenters. The lowest BCUT2D eigenvalue weighted by Crippen LogP contribution is -2.54. The molecule has 0 bridgehead atoms. The van der Waals surface area contributed by atoms with Gasteiger partial charge in [-0.25, -0.2) is 0 Å². The first kappa shape index (κ1) is 21.5. The van der Waals surface area contributed by atoms with E-state index < -0.39 is 0 Å². The molecule has 0 spiro atoms. The van der Waals surface area contributed by atoms with Crippen molar-refractivity contribution in [2.24, 2.45) is 28.6 Å². The number of nitrogens with one attached hydrogen (secondary N) is 1. The fourth-order valence-corrected chi connectivity index (χ4v) is 7.60. The van der Waals surface area contributed by atoms with Gasteiger partial charge in [-0.3, -0.25) is 14.8 Å². The van der Waals surface area contributed by atoms with Gasteiger partial charge in [-0.1, -0.05) is 19.9 Å². The lowest BCUT2D eigenvalue weighted by molar-refractivity contribution is -0.134. The zero-order chi connectivity index (χ0) is 21.5. The average Bonchev–Trinajstić information content (AvgIpc) is 3.26. The smallest absolute Gasteiger partial charge is 0.219 e. The largest absolute Gasteiger partial charge is 0.339 e. The number of rotatable bonds is 1. The fraction of sp³-hybridized carbons (Fsp3) is 0.720. The van der Waals surface area contributed by atoms with Crippen LogP contribution in [0.4, 0.5) is 0 Å². The van der Waals surface area contributed by atoms with E-state index in [4.69, 9.17) is 0 Å². The van der Waals surface area contributed by atoms with Crippen molar-refractivity contribution in [3.8, 4) is 0 Å². The maximum Gasteiger partial charge on any atom is 0.219 e. The minimum Gasteiger partial charge on any atom is -0.339 e. The number of likely N-dealkylation sites (tertiary alicyclic amines) is 1. The molecule has 0 aromatic carbocycles. The topological polar surface area (TPSA) is 58.1 Å². The molecule has 5 rings (SSSR count). The van der Waals surface area contributed by atoms with Crippen molar-refractivity contribution in [1.29, 1.82) is 0 Å². The van der Waals surface area contributed by atoms with E-state index in [-0.39, 0.29) is 11.3 Å². The second kappa shape index (κ2) is 8.07. The van der Waals surface area contributed by atoms with Crippen LogP contribution >= 0.6 is 0 Å². The first-order chi connectivity index (χ1) is 14.4. The van der Waals surface area contributed by atoms with Gasteiger partial charge >= 0.3 is 0 Å². The van der Waals surface area contributed by atoms with E-state index in [1.807, 2.05) is 26.5 Å². The average molecular weight is 411 g/mol. The normalized spacial score (nSPS) is 39.2. The highest BCUT2D eigenvalue weighted by atomic mass is 16.2. The molecule has 1 N–H and O–H groups in total. The van der Waals surface area contributed by atoms with E-state index >= 15 is 0 Å². The third kappa shape index (κ3) is 3.21. The molecule has 2 heterocycles. The highest BCUT2D eigenvalue weighted by Gasteiger charge is 2.60. The van der Waals surface area contributed by atoms with Crippen LogP contribution in [0.1, 0.15) is 65.0 Å². The van der Waals surface area contributed by atoms with E-state index in [0.29, 0.717) is 11.5 Å². The van der Waals surface area contributed by atoms with Gasteiger partial charge in [0.15, 0.2) is 0 Å². The standard InChI is InChI=1S/C23H31N3O.C2H7N/c1-15(27)26-13-10-23(3)18-8-9-22(2)17(16(18)4-7-21(23)26)5-6-19(22)20-14-24-11-12-25-20;1-3-2/h6,11-12,14,16-18,21H,4-5,7-10,13H2,1-3H3;3H,1-2H3/t16?,17-,18?,21?,22?,23?;/m0./s1. The number of amides is 1. The molecule has 5 nitrogen and oxygen atoms in total. The molecule has 1 aromatic heterocycles. The number of hydrogen-bond donors (Lipinski definition) is 1. The van der Waals surface area contributed by atoms with Crippen LogP contribution in [0.2, 0.25) is 0 Å². The number of carbonyl (C=O) groups is 1. The molecule has 2 saturated carbocycles. The molecule has 30 heavy (non-hydrogen) atoms. The number of hydrogen-bond acceptors (Lipinski definition) is 4. The zero-order valence-corrected chi connectivity index (χ0v) is 19.3. The van der Waals surface area contributed by atoms with Crippen molar-refractivity contribution in [2.75, 3.05) is 20.6 Å². The van der Waals surface area contributed by atoms with Crippen LogP contribution in [-0.2, 0) is 4.79 Å². The van der Waals surface area contributed by atoms with Crippen LogP contribution in [0, 0.1) is 28.6 Å². The maximum absolute atomic E-state index is 12.1. The van der Waals surface area contributed by atoms with Crippen LogP contribution in [0.25, 0.3) is 5.57 Å². The Morgan fingerprint density at radius 2 is 1.90 bits per heavy atom. The maximum atomic E-state index is 12.1. The monoisotopic (exact) mass is 410 g/mol. The van der Waals surface area contributed by atoms with Gasteiger partial charge in [-0.15, -0.1) is 0 Å². The Bertz CT molecular complexity index is 809. The van der Waals surface area contributed by atoms with Crippen molar-refractivity contribution >= 4 is 11.5 Å². The summed E-state index contributed by atoms with van der Waals surface area (Å²) in [5.41, 5.74) is 3.05. The van der Waals surface area contributed by atoms with Crippen molar-refractivity contribution in [3.63, 3.8) is 0 Å². The summed E-state index contributed by atoms with van der Waals surface area (Å²) in [5, 5.41) is 2.75. The summed E-state index contributed by atoms with van der Waals surface area (Å²) >= 11 is 0. The quantitative estimate of drug-likeness (QED) is 0.755. The van der Waals surface area contributed by atoms with Crippen molar-refractivity contribution in [1.82, 2.24) is 20.2 Å². The molecule has 1 amide bonds. The molecular formula is C25H38N4O. The van der Waals surface area contributed by atoms with Crippen LogP contribution < -0.4 is 5.32 Å². The van der Waals surface area contributed by atoms with Crippen LogP contribution in [0.15, 0.2) is 24.7 Å². The molecule has 5 unspecified atom stereocenters. The molecule has 5 heteroatoms. The van der Waals surface area contributed by atoms with Gasteiger partial charge in [-0.05, 0) is 86.8 Å². The Labute approximate surface area is 181 Å². The molecule has 164 valence electrons. The molecule has 1 aliphatic heterocycles. The van der Waals surface area contributed by atoms with Gasteiger partial charge < -0.3 is 10.2 Å². The molecule has 3 aliphatic carbocycles. The number of fused-ring (bicyclic) bond motifs is 5. The number of aromatic nitrogens is 2.